The Hall–Kier alpha value is -1.01. The molecule has 6 heteroatoms. The first-order chi connectivity index (χ1) is 8.60. The standard InChI is InChI=1S/C12H18N4S2/c1-7(6-17-3)5-14-10-9-4-8(2)18-11(9)16-12(13)15-10/h4,7H,5-6H2,1-3H3,(H3,13,14,15,16). The zero-order chi connectivity index (χ0) is 13.1. The molecule has 1 unspecified atom stereocenters. The van der Waals surface area contributed by atoms with Crippen LogP contribution in [-0.2, 0) is 0 Å². The van der Waals surface area contributed by atoms with E-state index < -0.39 is 0 Å². The summed E-state index contributed by atoms with van der Waals surface area (Å²) in [4.78, 5) is 10.7. The average Bonchev–Trinajstić information content (AvgIpc) is 2.66. The Labute approximate surface area is 115 Å². The minimum atomic E-state index is 0.337. The van der Waals surface area contributed by atoms with E-state index in [9.17, 15) is 0 Å². The number of hydrogen-bond acceptors (Lipinski definition) is 6. The third kappa shape index (κ3) is 3.05. The predicted octanol–water partition coefficient (Wildman–Crippen LogP) is 2.99. The Morgan fingerprint density at radius 2 is 2.28 bits per heavy atom. The molecule has 0 aliphatic rings. The molecular weight excluding hydrogens is 264 g/mol. The highest BCUT2D eigenvalue weighted by Gasteiger charge is 2.10. The summed E-state index contributed by atoms with van der Waals surface area (Å²) in [7, 11) is 0. The van der Waals surface area contributed by atoms with Crippen molar-refractivity contribution < 1.29 is 0 Å². The summed E-state index contributed by atoms with van der Waals surface area (Å²) in [5.74, 6) is 2.93. The van der Waals surface area contributed by atoms with Gasteiger partial charge in [0.1, 0.15) is 10.6 Å². The van der Waals surface area contributed by atoms with Gasteiger partial charge in [-0.05, 0) is 30.9 Å². The van der Waals surface area contributed by atoms with Gasteiger partial charge in [0.15, 0.2) is 0 Å². The predicted molar refractivity (Wildman–Crippen MR) is 82.6 cm³/mol. The number of nitrogen functional groups attached to an aromatic ring is 1. The van der Waals surface area contributed by atoms with Gasteiger partial charge in [0.2, 0.25) is 5.95 Å². The van der Waals surface area contributed by atoms with Crippen molar-refractivity contribution in [2.75, 3.05) is 29.6 Å². The largest absolute Gasteiger partial charge is 0.369 e. The normalized spacial score (nSPS) is 12.8. The fourth-order valence-electron chi connectivity index (χ4n) is 1.81. The minimum absolute atomic E-state index is 0.337. The number of nitrogens with zero attached hydrogens (tertiary/aromatic N) is 2. The summed E-state index contributed by atoms with van der Waals surface area (Å²) in [6, 6.07) is 2.11. The number of thiophene rings is 1. The molecule has 1 atom stereocenters. The molecule has 4 nitrogen and oxygen atoms in total. The average molecular weight is 282 g/mol. The Kier molecular flexibility index (Phi) is 4.29. The van der Waals surface area contributed by atoms with Crippen molar-refractivity contribution in [3.05, 3.63) is 10.9 Å². The molecule has 2 heterocycles. The van der Waals surface area contributed by atoms with E-state index >= 15 is 0 Å². The lowest BCUT2D eigenvalue weighted by atomic mass is 10.2. The second-order valence-electron chi connectivity index (χ2n) is 4.45. The van der Waals surface area contributed by atoms with E-state index in [1.807, 2.05) is 11.8 Å². The maximum Gasteiger partial charge on any atom is 0.223 e. The third-order valence-corrected chi connectivity index (χ3v) is 4.45. The fourth-order valence-corrected chi connectivity index (χ4v) is 3.38. The summed E-state index contributed by atoms with van der Waals surface area (Å²) in [5.41, 5.74) is 5.74. The molecule has 2 rings (SSSR count). The molecule has 98 valence electrons. The fraction of sp³-hybridized carbons (Fsp3) is 0.500. The lowest BCUT2D eigenvalue weighted by Crippen LogP contribution is -2.14. The van der Waals surface area contributed by atoms with E-state index in [0.717, 1.165) is 28.3 Å². The number of nitrogens with one attached hydrogen (secondary N) is 1. The van der Waals surface area contributed by atoms with Crippen molar-refractivity contribution >= 4 is 45.1 Å². The van der Waals surface area contributed by atoms with Crippen LogP contribution in [0.25, 0.3) is 10.2 Å². The number of anilines is 2. The maximum absolute atomic E-state index is 5.74. The van der Waals surface area contributed by atoms with E-state index in [-0.39, 0.29) is 0 Å². The molecular formula is C12H18N4S2. The van der Waals surface area contributed by atoms with Gasteiger partial charge in [0.05, 0.1) is 5.39 Å². The number of thioether (sulfide) groups is 1. The van der Waals surface area contributed by atoms with E-state index in [2.05, 4.69) is 41.5 Å². The van der Waals surface area contributed by atoms with Crippen LogP contribution >= 0.6 is 23.1 Å². The summed E-state index contributed by atoms with van der Waals surface area (Å²) in [6.07, 6.45) is 2.12. The maximum atomic E-state index is 5.74. The Balaban J connectivity index is 2.21. The number of aromatic nitrogens is 2. The highest BCUT2D eigenvalue weighted by atomic mass is 32.2. The molecule has 0 aliphatic carbocycles. The van der Waals surface area contributed by atoms with Crippen LogP contribution in [0.15, 0.2) is 6.07 Å². The molecule has 3 N–H and O–H groups in total. The zero-order valence-corrected chi connectivity index (χ0v) is 12.5. The first-order valence-electron chi connectivity index (χ1n) is 5.86. The molecule has 0 saturated heterocycles. The monoisotopic (exact) mass is 282 g/mol. The molecule has 18 heavy (non-hydrogen) atoms. The molecule has 0 saturated carbocycles. The van der Waals surface area contributed by atoms with Gasteiger partial charge in [0, 0.05) is 11.4 Å². The second kappa shape index (κ2) is 5.75. The number of nitrogens with two attached hydrogens (primary N) is 1. The molecule has 0 fully saturated rings. The van der Waals surface area contributed by atoms with Gasteiger partial charge in [-0.2, -0.15) is 16.7 Å². The molecule has 2 aromatic rings. The van der Waals surface area contributed by atoms with Crippen LogP contribution in [0.4, 0.5) is 11.8 Å². The Morgan fingerprint density at radius 3 is 3.00 bits per heavy atom. The van der Waals surface area contributed by atoms with E-state index in [1.165, 1.54) is 4.88 Å². The van der Waals surface area contributed by atoms with Crippen LogP contribution in [-0.4, -0.2) is 28.5 Å². The van der Waals surface area contributed by atoms with Crippen molar-refractivity contribution in [3.8, 4) is 0 Å². The summed E-state index contributed by atoms with van der Waals surface area (Å²) >= 11 is 3.51. The van der Waals surface area contributed by atoms with Gasteiger partial charge >= 0.3 is 0 Å². The molecule has 0 aromatic carbocycles. The number of fused-ring (bicyclic) bond motifs is 1. The van der Waals surface area contributed by atoms with Gasteiger partial charge in [-0.1, -0.05) is 6.92 Å². The Bertz CT molecular complexity index is 538. The van der Waals surface area contributed by atoms with E-state index in [4.69, 9.17) is 5.73 Å². The molecule has 0 radical (unpaired) electrons. The van der Waals surface area contributed by atoms with Crippen molar-refractivity contribution in [1.29, 1.82) is 0 Å². The number of rotatable bonds is 5. The molecule has 0 amide bonds. The lowest BCUT2D eigenvalue weighted by molar-refractivity contribution is 0.700. The van der Waals surface area contributed by atoms with Crippen molar-refractivity contribution in [3.63, 3.8) is 0 Å². The number of aryl methyl sites for hydroxylation is 1. The first kappa shape index (κ1) is 13.4. The summed E-state index contributed by atoms with van der Waals surface area (Å²) < 4.78 is 0. The summed E-state index contributed by atoms with van der Waals surface area (Å²) in [6.45, 7) is 5.20. The third-order valence-electron chi connectivity index (χ3n) is 2.60. The topological polar surface area (TPSA) is 63.8 Å². The second-order valence-corrected chi connectivity index (χ2v) is 6.59. The van der Waals surface area contributed by atoms with Crippen LogP contribution in [0.1, 0.15) is 11.8 Å². The van der Waals surface area contributed by atoms with Crippen molar-refractivity contribution in [2.24, 2.45) is 5.92 Å². The highest BCUT2D eigenvalue weighted by molar-refractivity contribution is 7.98. The Morgan fingerprint density at radius 1 is 1.50 bits per heavy atom. The van der Waals surface area contributed by atoms with Crippen LogP contribution in [0, 0.1) is 12.8 Å². The van der Waals surface area contributed by atoms with Gasteiger partial charge in [-0.15, -0.1) is 11.3 Å². The van der Waals surface area contributed by atoms with Crippen molar-refractivity contribution in [2.45, 2.75) is 13.8 Å². The lowest BCUT2D eigenvalue weighted by Gasteiger charge is -2.12. The quantitative estimate of drug-likeness (QED) is 0.882. The van der Waals surface area contributed by atoms with Crippen LogP contribution in [0.2, 0.25) is 0 Å². The highest BCUT2D eigenvalue weighted by Crippen LogP contribution is 2.29. The summed E-state index contributed by atoms with van der Waals surface area (Å²) in [5, 5.41) is 4.46. The van der Waals surface area contributed by atoms with Crippen LogP contribution < -0.4 is 11.1 Å². The smallest absolute Gasteiger partial charge is 0.223 e. The zero-order valence-electron chi connectivity index (χ0n) is 10.9. The molecule has 0 bridgehead atoms. The molecule has 0 aliphatic heterocycles. The van der Waals surface area contributed by atoms with E-state index in [0.29, 0.717) is 11.9 Å². The van der Waals surface area contributed by atoms with Crippen molar-refractivity contribution in [1.82, 2.24) is 9.97 Å². The van der Waals surface area contributed by atoms with Gasteiger partial charge in [0.25, 0.3) is 0 Å². The van der Waals surface area contributed by atoms with Crippen LogP contribution in [0.3, 0.4) is 0 Å². The van der Waals surface area contributed by atoms with Gasteiger partial charge < -0.3 is 11.1 Å². The minimum Gasteiger partial charge on any atom is -0.369 e. The SMILES string of the molecule is CSCC(C)CNc1nc(N)nc2sc(C)cc12. The molecule has 0 spiro atoms. The van der Waals surface area contributed by atoms with Crippen LogP contribution in [0.5, 0.6) is 0 Å². The van der Waals surface area contributed by atoms with Gasteiger partial charge in [-0.3, -0.25) is 0 Å². The number of hydrogen-bond donors (Lipinski definition) is 2. The molecule has 2 aromatic heterocycles. The van der Waals surface area contributed by atoms with Gasteiger partial charge in [-0.25, -0.2) is 4.98 Å². The first-order valence-corrected chi connectivity index (χ1v) is 8.07. The van der Waals surface area contributed by atoms with E-state index in [1.54, 1.807) is 11.3 Å².